The lowest BCUT2D eigenvalue weighted by Gasteiger charge is -2.16. The first-order valence-corrected chi connectivity index (χ1v) is 10.5. The van der Waals surface area contributed by atoms with Gasteiger partial charge in [0.05, 0.1) is 11.6 Å². The molecule has 0 saturated carbocycles. The van der Waals surface area contributed by atoms with Crippen LogP contribution in [0.2, 0.25) is 0 Å². The fourth-order valence-electron chi connectivity index (χ4n) is 2.73. The average molecular weight is 410 g/mol. The van der Waals surface area contributed by atoms with E-state index < -0.39 is 10.0 Å². The highest BCUT2D eigenvalue weighted by Crippen LogP contribution is 2.15. The maximum Gasteiger partial charge on any atom is 0.255 e. The predicted octanol–water partition coefficient (Wildman–Crippen LogP) is 3.10. The summed E-state index contributed by atoms with van der Waals surface area (Å²) >= 11 is 0. The van der Waals surface area contributed by atoms with E-state index in [1.807, 2.05) is 43.6 Å². The van der Waals surface area contributed by atoms with Gasteiger partial charge in [-0.25, -0.2) is 8.42 Å². The molecule has 8 heteroatoms. The SMILES string of the molecule is CN(Cc1cnn(C)c1)C(=O)c1ccc(NS(=O)(=O)C=Cc2ccccc2)cc1. The van der Waals surface area contributed by atoms with Crippen LogP contribution in [0.3, 0.4) is 0 Å². The van der Waals surface area contributed by atoms with Crippen molar-refractivity contribution < 1.29 is 13.2 Å². The summed E-state index contributed by atoms with van der Waals surface area (Å²) in [6.07, 6.45) is 5.09. The van der Waals surface area contributed by atoms with E-state index in [9.17, 15) is 13.2 Å². The number of sulfonamides is 1. The first kappa shape index (κ1) is 20.3. The molecule has 2 aromatic carbocycles. The Labute approximate surface area is 170 Å². The van der Waals surface area contributed by atoms with Gasteiger partial charge in [0.2, 0.25) is 0 Å². The molecule has 0 atom stereocenters. The number of anilines is 1. The quantitative estimate of drug-likeness (QED) is 0.649. The van der Waals surface area contributed by atoms with Crippen LogP contribution >= 0.6 is 0 Å². The van der Waals surface area contributed by atoms with E-state index in [2.05, 4.69) is 9.82 Å². The van der Waals surface area contributed by atoms with Crippen LogP contribution in [0, 0.1) is 0 Å². The molecule has 3 rings (SSSR count). The summed E-state index contributed by atoms with van der Waals surface area (Å²) in [5.74, 6) is -0.160. The summed E-state index contributed by atoms with van der Waals surface area (Å²) in [5.41, 5.74) is 2.57. The van der Waals surface area contributed by atoms with Crippen LogP contribution in [-0.2, 0) is 23.6 Å². The van der Waals surface area contributed by atoms with Crippen LogP contribution in [0.1, 0.15) is 21.5 Å². The number of nitrogens with zero attached hydrogens (tertiary/aromatic N) is 3. The molecule has 1 amide bonds. The Kier molecular flexibility index (Phi) is 6.13. The van der Waals surface area contributed by atoms with E-state index in [1.165, 1.54) is 6.08 Å². The van der Waals surface area contributed by atoms with E-state index in [1.54, 1.807) is 47.1 Å². The van der Waals surface area contributed by atoms with E-state index in [0.29, 0.717) is 17.8 Å². The molecule has 0 radical (unpaired) electrons. The molecule has 29 heavy (non-hydrogen) atoms. The smallest absolute Gasteiger partial charge is 0.255 e. The van der Waals surface area contributed by atoms with Crippen LogP contribution in [0.4, 0.5) is 5.69 Å². The Morgan fingerprint density at radius 1 is 1.14 bits per heavy atom. The lowest BCUT2D eigenvalue weighted by molar-refractivity contribution is 0.0785. The van der Waals surface area contributed by atoms with Gasteiger partial charge >= 0.3 is 0 Å². The fourth-order valence-corrected chi connectivity index (χ4v) is 3.60. The van der Waals surface area contributed by atoms with E-state index >= 15 is 0 Å². The highest BCUT2D eigenvalue weighted by Gasteiger charge is 2.13. The highest BCUT2D eigenvalue weighted by atomic mass is 32.2. The standard InChI is InChI=1S/C21H22N4O3S/c1-24(15-18-14-22-25(2)16-18)21(26)19-8-10-20(11-9-19)23-29(27,28)13-12-17-6-4-3-5-7-17/h3-14,16,23H,15H2,1-2H3. The summed E-state index contributed by atoms with van der Waals surface area (Å²) < 4.78 is 28.6. The number of hydrogen-bond acceptors (Lipinski definition) is 4. The number of aromatic nitrogens is 2. The van der Waals surface area contributed by atoms with Crippen molar-refractivity contribution in [2.75, 3.05) is 11.8 Å². The van der Waals surface area contributed by atoms with Crippen molar-refractivity contribution >= 4 is 27.7 Å². The Morgan fingerprint density at radius 2 is 1.83 bits per heavy atom. The molecule has 1 N–H and O–H groups in total. The van der Waals surface area contributed by atoms with Crippen LogP contribution in [0.5, 0.6) is 0 Å². The normalized spacial score (nSPS) is 11.5. The summed E-state index contributed by atoms with van der Waals surface area (Å²) in [6.45, 7) is 0.436. The molecule has 7 nitrogen and oxygen atoms in total. The zero-order chi connectivity index (χ0) is 20.9. The van der Waals surface area contributed by atoms with Crippen LogP contribution in [-0.4, -0.2) is 36.1 Å². The molecule has 150 valence electrons. The van der Waals surface area contributed by atoms with Gasteiger partial charge in [0.25, 0.3) is 15.9 Å². The number of carbonyl (C=O) groups excluding carboxylic acids is 1. The highest BCUT2D eigenvalue weighted by molar-refractivity contribution is 7.95. The van der Waals surface area contributed by atoms with Gasteiger partial charge in [-0.3, -0.25) is 14.2 Å². The molecule has 0 aliphatic rings. The van der Waals surface area contributed by atoms with Crippen molar-refractivity contribution in [3.05, 3.63) is 89.1 Å². The van der Waals surface area contributed by atoms with E-state index in [0.717, 1.165) is 16.5 Å². The molecule has 0 saturated heterocycles. The number of carbonyl (C=O) groups is 1. The molecule has 0 fully saturated rings. The molecule has 0 spiro atoms. The fraction of sp³-hybridized carbons (Fsp3) is 0.143. The maximum absolute atomic E-state index is 12.6. The second-order valence-electron chi connectivity index (χ2n) is 6.62. The monoisotopic (exact) mass is 410 g/mol. The second kappa shape index (κ2) is 8.74. The minimum absolute atomic E-state index is 0.160. The van der Waals surface area contributed by atoms with Gasteiger partial charge in [0.1, 0.15) is 0 Å². The number of aryl methyl sites for hydroxylation is 1. The number of benzene rings is 2. The number of nitrogens with one attached hydrogen (secondary N) is 1. The Bertz CT molecular complexity index is 1100. The molecule has 0 aliphatic heterocycles. The molecule has 0 bridgehead atoms. The molecule has 1 aromatic heterocycles. The molecule has 0 unspecified atom stereocenters. The minimum Gasteiger partial charge on any atom is -0.337 e. The van der Waals surface area contributed by atoms with Crippen molar-refractivity contribution in [3.8, 4) is 0 Å². The maximum atomic E-state index is 12.6. The zero-order valence-corrected chi connectivity index (χ0v) is 17.0. The predicted molar refractivity (Wildman–Crippen MR) is 113 cm³/mol. The summed E-state index contributed by atoms with van der Waals surface area (Å²) in [5, 5.41) is 5.20. The van der Waals surface area contributed by atoms with Crippen LogP contribution in [0.15, 0.2) is 72.4 Å². The van der Waals surface area contributed by atoms with Crippen molar-refractivity contribution in [1.82, 2.24) is 14.7 Å². The van der Waals surface area contributed by atoms with Gasteiger partial charge in [0, 0.05) is 43.7 Å². The number of amides is 1. The second-order valence-corrected chi connectivity index (χ2v) is 8.19. The van der Waals surface area contributed by atoms with Crippen molar-refractivity contribution in [2.24, 2.45) is 7.05 Å². The molecular formula is C21H22N4O3S. The summed E-state index contributed by atoms with van der Waals surface area (Å²) in [7, 11) is -0.128. The van der Waals surface area contributed by atoms with E-state index in [-0.39, 0.29) is 5.91 Å². The molecule has 1 heterocycles. The minimum atomic E-state index is -3.66. The van der Waals surface area contributed by atoms with Gasteiger partial charge in [-0.15, -0.1) is 0 Å². The lowest BCUT2D eigenvalue weighted by atomic mass is 10.2. The number of rotatable bonds is 7. The third kappa shape index (κ3) is 5.79. The third-order valence-electron chi connectivity index (χ3n) is 4.16. The average Bonchev–Trinajstić information content (AvgIpc) is 3.11. The van der Waals surface area contributed by atoms with Crippen molar-refractivity contribution in [1.29, 1.82) is 0 Å². The topological polar surface area (TPSA) is 84.3 Å². The Hall–Kier alpha value is -3.39. The van der Waals surface area contributed by atoms with Crippen molar-refractivity contribution in [3.63, 3.8) is 0 Å². The zero-order valence-electron chi connectivity index (χ0n) is 16.2. The largest absolute Gasteiger partial charge is 0.337 e. The van der Waals surface area contributed by atoms with Gasteiger partial charge in [-0.05, 0) is 35.9 Å². The van der Waals surface area contributed by atoms with Gasteiger partial charge in [0.15, 0.2) is 0 Å². The Morgan fingerprint density at radius 3 is 2.45 bits per heavy atom. The van der Waals surface area contributed by atoms with Crippen LogP contribution < -0.4 is 4.72 Å². The molecular weight excluding hydrogens is 388 g/mol. The lowest BCUT2D eigenvalue weighted by Crippen LogP contribution is -2.26. The molecule has 3 aromatic rings. The van der Waals surface area contributed by atoms with Gasteiger partial charge in [-0.1, -0.05) is 30.3 Å². The first-order chi connectivity index (χ1) is 13.8. The van der Waals surface area contributed by atoms with E-state index in [4.69, 9.17) is 0 Å². The third-order valence-corrected chi connectivity index (χ3v) is 5.17. The van der Waals surface area contributed by atoms with Gasteiger partial charge < -0.3 is 4.90 Å². The number of hydrogen-bond donors (Lipinski definition) is 1. The Balaban J connectivity index is 1.63. The van der Waals surface area contributed by atoms with Crippen molar-refractivity contribution in [2.45, 2.75) is 6.54 Å². The molecule has 0 aliphatic carbocycles. The summed E-state index contributed by atoms with van der Waals surface area (Å²) in [4.78, 5) is 14.1. The van der Waals surface area contributed by atoms with Crippen LogP contribution in [0.25, 0.3) is 6.08 Å². The van der Waals surface area contributed by atoms with Gasteiger partial charge in [-0.2, -0.15) is 5.10 Å². The first-order valence-electron chi connectivity index (χ1n) is 8.91. The summed E-state index contributed by atoms with van der Waals surface area (Å²) in [6, 6.07) is 15.5.